The Morgan fingerprint density at radius 1 is 0.431 bits per heavy atom. The third-order valence-electron chi connectivity index (χ3n) is 15.0. The van der Waals surface area contributed by atoms with Gasteiger partial charge in [0.2, 0.25) is 0 Å². The second-order valence-electron chi connectivity index (χ2n) is 20.9. The van der Waals surface area contributed by atoms with Crippen molar-refractivity contribution in [1.29, 1.82) is 0 Å². The van der Waals surface area contributed by atoms with Crippen molar-refractivity contribution in [3.63, 3.8) is 0 Å². The number of nitrogens with zero attached hydrogens (tertiary/aromatic N) is 2. The SMILES string of the molecule is [B]C1(C)[B]C1([B])Cc1cc(CC2([B])[B]C2([B])C)cc(-c2c3nc(cc4ccc([nH]4)c(-c4cc(CC5([B])[B]C5([B])C)cc(CC5([B])[B]C5([B])C)c4)c4ccc(cc5nc2C=C5)[nH]4)C=C3)c1.[K+]. The molecule has 2 N–H and O–H groups in total. The van der Waals surface area contributed by atoms with Gasteiger partial charge in [-0.05, 0) is 120 Å². The standard InChI is InChI=1S/C48H38B12N4.K/c1-41(49)45(53,57-41)21-25-13-26(22-46(54)42(2,50)58-46)16-29(15-25)39-35-9-5-31(61-35)19-33-7-11-37(63-33)40(38-12-8-34(64-38)20-32-6-10-36(39)62-32)30-17-27(23-47(55)43(3,51)59-47)14-28(18-30)24-48(56)44(4,52)60-48;/h5-20,61-62H,21-24H2,1-4H3;/q;+1. The fourth-order valence-electron chi connectivity index (χ4n) is 10.2. The first kappa shape index (κ1) is 46.2. The second kappa shape index (κ2) is 15.2. The van der Waals surface area contributed by atoms with Gasteiger partial charge in [0.1, 0.15) is 29.1 Å². The van der Waals surface area contributed by atoms with Crippen LogP contribution in [-0.2, 0) is 25.7 Å². The van der Waals surface area contributed by atoms with Gasteiger partial charge < -0.3 is 9.97 Å². The molecule has 286 valence electrons. The Labute approximate surface area is 440 Å². The molecule has 0 aliphatic carbocycles. The van der Waals surface area contributed by atoms with Crippen LogP contribution in [0.5, 0.6) is 0 Å². The van der Waals surface area contributed by atoms with Crippen LogP contribution in [0.1, 0.15) is 72.7 Å². The smallest absolute Gasteiger partial charge is 0.355 e. The van der Waals surface area contributed by atoms with E-state index in [1.54, 1.807) is 0 Å². The van der Waals surface area contributed by atoms with Gasteiger partial charge in [-0.15, -0.1) is 20.9 Å². The molecule has 4 nitrogen and oxygen atoms in total. The van der Waals surface area contributed by atoms with Gasteiger partial charge in [0, 0.05) is 33.2 Å². The molecule has 17 heteroatoms. The topological polar surface area (TPSA) is 57.4 Å². The molecule has 6 aliphatic rings. The van der Waals surface area contributed by atoms with Crippen molar-refractivity contribution >= 4 is 138 Å². The van der Waals surface area contributed by atoms with E-state index in [2.05, 4.69) is 94.9 Å². The molecule has 0 saturated carbocycles. The maximum absolute atomic E-state index is 6.82. The van der Waals surface area contributed by atoms with Crippen molar-refractivity contribution in [3.8, 4) is 22.3 Å². The molecule has 4 fully saturated rings. The quantitative estimate of drug-likeness (QED) is 0.201. The van der Waals surface area contributed by atoms with E-state index in [0.717, 1.165) is 89.4 Å². The average molecular weight is 840 g/mol. The number of H-pyrrole nitrogens is 2. The van der Waals surface area contributed by atoms with Crippen molar-refractivity contribution in [2.45, 2.75) is 95.1 Å². The van der Waals surface area contributed by atoms with Gasteiger partial charge in [-0.2, -0.15) is 0 Å². The number of aromatic nitrogens is 4. The molecule has 4 saturated heterocycles. The van der Waals surface area contributed by atoms with Crippen LogP contribution in [0.15, 0.2) is 72.8 Å². The van der Waals surface area contributed by atoms with Gasteiger partial charge in [0.05, 0.1) is 85.5 Å². The van der Waals surface area contributed by atoms with Gasteiger partial charge in [0.25, 0.3) is 0 Å². The molecule has 0 amide bonds. The Balaban J connectivity index is 0.00000498. The molecule has 8 atom stereocenters. The van der Waals surface area contributed by atoms with Crippen molar-refractivity contribution in [2.24, 2.45) is 0 Å². The summed E-state index contributed by atoms with van der Waals surface area (Å²) in [5.41, 5.74) is 15.0. The number of hydrogen-bond acceptors (Lipinski definition) is 2. The number of fused-ring (bicyclic) bond motifs is 8. The van der Waals surface area contributed by atoms with E-state index in [1.807, 2.05) is 69.0 Å². The minimum atomic E-state index is -0.624. The average Bonchev–Trinajstić information content (AvgIpc) is 3.77. The molecule has 2 aromatic carbocycles. The zero-order valence-electron chi connectivity index (χ0n) is 37.9. The summed E-state index contributed by atoms with van der Waals surface area (Å²) in [5, 5.41) is -4.70. The number of nitrogens with one attached hydrogen (secondary N) is 2. The van der Waals surface area contributed by atoms with Crippen molar-refractivity contribution < 1.29 is 51.4 Å². The summed E-state index contributed by atoms with van der Waals surface area (Å²) in [7, 11) is 61.4. The van der Waals surface area contributed by atoms with E-state index in [9.17, 15) is 0 Å². The number of rotatable bonds is 10. The molecule has 65 heavy (non-hydrogen) atoms. The number of hydrogen-bond donors (Lipinski definition) is 2. The number of aromatic amines is 2. The summed E-state index contributed by atoms with van der Waals surface area (Å²) >= 11 is 0. The van der Waals surface area contributed by atoms with Crippen molar-refractivity contribution in [3.05, 3.63) is 118 Å². The van der Waals surface area contributed by atoms with E-state index in [4.69, 9.17) is 72.7 Å². The fourth-order valence-corrected chi connectivity index (χ4v) is 10.2. The Kier molecular flexibility index (Phi) is 10.8. The minimum absolute atomic E-state index is 0. The summed E-state index contributed by atoms with van der Waals surface area (Å²) in [6.07, 6.45) is 10.5. The van der Waals surface area contributed by atoms with Crippen LogP contribution < -0.4 is 51.4 Å². The van der Waals surface area contributed by atoms with Crippen LogP contribution in [0.3, 0.4) is 0 Å². The van der Waals surface area contributed by atoms with Crippen LogP contribution in [0, 0.1) is 0 Å². The molecular weight excluding hydrogens is 801 g/mol. The maximum Gasteiger partial charge on any atom is 1.00 e. The van der Waals surface area contributed by atoms with Gasteiger partial charge in [-0.3, -0.25) is 0 Å². The maximum atomic E-state index is 6.82. The summed E-state index contributed by atoms with van der Waals surface area (Å²) in [4.78, 5) is 17.9. The van der Waals surface area contributed by atoms with Crippen LogP contribution in [0.25, 0.3) is 68.6 Å². The summed E-state index contributed by atoms with van der Waals surface area (Å²) in [6, 6.07) is 25.7. The van der Waals surface area contributed by atoms with E-state index in [1.165, 1.54) is 0 Å². The second-order valence-corrected chi connectivity index (χ2v) is 20.9. The predicted molar refractivity (Wildman–Crippen MR) is 278 cm³/mol. The Bertz CT molecular complexity index is 2890. The van der Waals surface area contributed by atoms with Crippen molar-refractivity contribution in [2.75, 3.05) is 0 Å². The molecule has 8 bridgehead atoms. The van der Waals surface area contributed by atoms with Gasteiger partial charge in [-0.25, -0.2) is 9.97 Å². The van der Waals surface area contributed by atoms with E-state index < -0.39 is 41.7 Å². The normalized spacial score (nSPS) is 33.2. The Hall–Kier alpha value is -2.54. The third-order valence-corrected chi connectivity index (χ3v) is 15.0. The van der Waals surface area contributed by atoms with Crippen molar-refractivity contribution in [1.82, 2.24) is 19.9 Å². The molecule has 5 aromatic rings. The summed E-state index contributed by atoms with van der Waals surface area (Å²) in [5.74, 6) is 0. The van der Waals surface area contributed by atoms with Gasteiger partial charge in [-0.1, -0.05) is 84.9 Å². The third kappa shape index (κ3) is 8.33. The fraction of sp³-hybridized carbons (Fsp3) is 0.333. The molecule has 8 unspecified atom stereocenters. The zero-order valence-corrected chi connectivity index (χ0v) is 41.0. The molecular formula is C48H38B12KN4+. The number of benzene rings is 2. The molecule has 9 heterocycles. The van der Waals surface area contributed by atoms with Crippen LogP contribution in [0.2, 0.25) is 41.7 Å². The van der Waals surface area contributed by atoms with E-state index >= 15 is 0 Å². The van der Waals surface area contributed by atoms with Gasteiger partial charge in [0.15, 0.2) is 0 Å². The van der Waals surface area contributed by atoms with Crippen LogP contribution >= 0.6 is 0 Å². The van der Waals surface area contributed by atoms with Gasteiger partial charge >= 0.3 is 51.4 Å². The monoisotopic (exact) mass is 841 g/mol. The molecule has 6 aliphatic heterocycles. The molecule has 11 rings (SSSR count). The summed E-state index contributed by atoms with van der Waals surface area (Å²) < 4.78 is 0. The largest absolute Gasteiger partial charge is 1.00 e. The van der Waals surface area contributed by atoms with Crippen LogP contribution in [0.4, 0.5) is 0 Å². The Morgan fingerprint density at radius 3 is 1.05 bits per heavy atom. The predicted octanol–water partition coefficient (Wildman–Crippen LogP) is 4.39. The minimum Gasteiger partial charge on any atom is -0.355 e. The molecule has 0 spiro atoms. The molecule has 20 radical (unpaired) electrons. The van der Waals surface area contributed by atoms with Crippen LogP contribution in [-0.4, -0.2) is 112 Å². The molecule has 3 aromatic heterocycles. The Morgan fingerprint density at radius 2 is 0.738 bits per heavy atom. The zero-order chi connectivity index (χ0) is 45.0. The first-order valence-corrected chi connectivity index (χ1v) is 22.1. The first-order valence-electron chi connectivity index (χ1n) is 22.1. The first-order chi connectivity index (χ1) is 29.9. The van der Waals surface area contributed by atoms with E-state index in [-0.39, 0.29) is 51.4 Å². The summed E-state index contributed by atoms with van der Waals surface area (Å²) in [6.45, 7) is 7.88. The van der Waals surface area contributed by atoms with E-state index in [0.29, 0.717) is 25.7 Å².